The molecule has 180 valence electrons. The van der Waals surface area contributed by atoms with Crippen LogP contribution in [0.15, 0.2) is 34.7 Å². The molecule has 0 aliphatic carbocycles. The van der Waals surface area contributed by atoms with E-state index in [1.165, 1.54) is 6.07 Å². The molecule has 0 N–H and O–H groups in total. The summed E-state index contributed by atoms with van der Waals surface area (Å²) in [4.78, 5) is 31.0. The number of anilines is 1. The second-order valence-corrected chi connectivity index (χ2v) is 8.59. The van der Waals surface area contributed by atoms with E-state index >= 15 is 0 Å². The maximum atomic E-state index is 13.0. The third-order valence-corrected chi connectivity index (χ3v) is 5.89. The van der Waals surface area contributed by atoms with Gasteiger partial charge in [0.25, 0.3) is 5.91 Å². The number of alkyl halides is 3. The molecule has 1 aromatic carbocycles. The second-order valence-electron chi connectivity index (χ2n) is 8.59. The van der Waals surface area contributed by atoms with Gasteiger partial charge in [0.1, 0.15) is 11.5 Å². The third kappa shape index (κ3) is 5.89. The first-order chi connectivity index (χ1) is 15.5. The van der Waals surface area contributed by atoms with Gasteiger partial charge in [-0.05, 0) is 52.0 Å². The number of hydrogen-bond acceptors (Lipinski definition) is 4. The lowest BCUT2D eigenvalue weighted by Gasteiger charge is -2.37. The van der Waals surface area contributed by atoms with E-state index in [-0.39, 0.29) is 30.8 Å². The van der Waals surface area contributed by atoms with Crippen LogP contribution < -0.4 is 4.90 Å². The molecule has 3 rings (SSSR count). The minimum Gasteiger partial charge on any atom is -0.466 e. The van der Waals surface area contributed by atoms with Crippen molar-refractivity contribution in [2.75, 3.05) is 37.6 Å². The van der Waals surface area contributed by atoms with Crippen LogP contribution in [0.4, 0.5) is 18.9 Å². The number of carbonyl (C=O) groups is 2. The molecule has 2 aromatic rings. The van der Waals surface area contributed by atoms with Gasteiger partial charge in [0.2, 0.25) is 5.91 Å². The lowest BCUT2D eigenvalue weighted by atomic mass is 10.1. The predicted octanol–water partition coefficient (Wildman–Crippen LogP) is 4.50. The highest BCUT2D eigenvalue weighted by Crippen LogP contribution is 2.32. The van der Waals surface area contributed by atoms with Gasteiger partial charge in [-0.3, -0.25) is 9.59 Å². The summed E-state index contributed by atoms with van der Waals surface area (Å²) in [5.41, 5.74) is 0.322. The Bertz CT molecular complexity index is 992. The number of piperazine rings is 1. The second kappa shape index (κ2) is 9.89. The fourth-order valence-electron chi connectivity index (χ4n) is 4.06. The van der Waals surface area contributed by atoms with Crippen molar-refractivity contribution in [3.05, 3.63) is 53.0 Å². The molecule has 9 heteroatoms. The Hall–Kier alpha value is -2.97. The summed E-state index contributed by atoms with van der Waals surface area (Å²) in [5, 5.41) is 0. The third-order valence-electron chi connectivity index (χ3n) is 5.89. The Morgan fingerprint density at radius 2 is 1.76 bits per heavy atom. The monoisotopic (exact) mass is 465 g/mol. The van der Waals surface area contributed by atoms with Crippen molar-refractivity contribution in [3.63, 3.8) is 0 Å². The molecule has 1 aromatic heterocycles. The van der Waals surface area contributed by atoms with E-state index in [2.05, 4.69) is 0 Å². The number of amides is 2. The summed E-state index contributed by atoms with van der Waals surface area (Å²) in [6.07, 6.45) is -4.20. The smallest absolute Gasteiger partial charge is 0.416 e. The van der Waals surface area contributed by atoms with Crippen molar-refractivity contribution in [2.45, 2.75) is 46.3 Å². The maximum Gasteiger partial charge on any atom is 0.416 e. The van der Waals surface area contributed by atoms with Crippen LogP contribution in [0.5, 0.6) is 0 Å². The summed E-state index contributed by atoms with van der Waals surface area (Å²) in [5.74, 6) is 0.980. The number of nitrogens with zero attached hydrogens (tertiary/aromatic N) is 3. The average molecular weight is 466 g/mol. The van der Waals surface area contributed by atoms with Crippen LogP contribution in [-0.4, -0.2) is 60.4 Å². The number of benzene rings is 1. The lowest BCUT2D eigenvalue weighted by Crippen LogP contribution is -2.49. The van der Waals surface area contributed by atoms with Crippen LogP contribution in [0.25, 0.3) is 0 Å². The number of carbonyl (C=O) groups excluding carboxylic acids is 2. The zero-order chi connectivity index (χ0) is 24.3. The maximum absolute atomic E-state index is 13.0. The van der Waals surface area contributed by atoms with E-state index in [0.717, 1.165) is 12.1 Å². The summed E-state index contributed by atoms with van der Waals surface area (Å²) in [7, 11) is 0. The van der Waals surface area contributed by atoms with Gasteiger partial charge < -0.3 is 19.1 Å². The lowest BCUT2D eigenvalue weighted by molar-refractivity contribution is -0.137. The standard InChI is InChI=1S/C24H30F3N3O3/c1-16(2)30(23(32)21-14-17(3)33-18(21)4)9-8-22(31)29-12-10-28(11-13-29)20-7-5-6-19(15-20)24(25,26)27/h5-7,14-16H,8-13H2,1-4H3. The topological polar surface area (TPSA) is 57.0 Å². The van der Waals surface area contributed by atoms with Gasteiger partial charge in [-0.25, -0.2) is 0 Å². The van der Waals surface area contributed by atoms with E-state index in [1.807, 2.05) is 18.7 Å². The molecule has 0 unspecified atom stereocenters. The van der Waals surface area contributed by atoms with E-state index in [1.54, 1.807) is 35.8 Å². The van der Waals surface area contributed by atoms with Crippen molar-refractivity contribution in [1.82, 2.24) is 9.80 Å². The molecule has 1 fully saturated rings. The molecule has 0 bridgehead atoms. The van der Waals surface area contributed by atoms with Crippen LogP contribution in [0.3, 0.4) is 0 Å². The van der Waals surface area contributed by atoms with Gasteiger partial charge in [-0.15, -0.1) is 0 Å². The van der Waals surface area contributed by atoms with Crippen molar-refractivity contribution in [1.29, 1.82) is 0 Å². The molecule has 2 amide bonds. The molecule has 0 saturated carbocycles. The van der Waals surface area contributed by atoms with Crippen LogP contribution in [0.2, 0.25) is 0 Å². The van der Waals surface area contributed by atoms with E-state index in [9.17, 15) is 22.8 Å². The summed E-state index contributed by atoms with van der Waals surface area (Å²) < 4.78 is 44.4. The molecule has 6 nitrogen and oxygen atoms in total. The molecule has 0 atom stereocenters. The Labute approximate surface area is 191 Å². The molecular weight excluding hydrogens is 435 g/mol. The number of furan rings is 1. The molecule has 1 aliphatic rings. The molecule has 1 aliphatic heterocycles. The Balaban J connectivity index is 1.56. The zero-order valence-electron chi connectivity index (χ0n) is 19.4. The number of aryl methyl sites for hydroxylation is 2. The van der Waals surface area contributed by atoms with E-state index in [0.29, 0.717) is 49.0 Å². The highest BCUT2D eigenvalue weighted by molar-refractivity contribution is 5.95. The van der Waals surface area contributed by atoms with Crippen molar-refractivity contribution < 1.29 is 27.2 Å². The van der Waals surface area contributed by atoms with Gasteiger partial charge in [0, 0.05) is 50.9 Å². The van der Waals surface area contributed by atoms with Crippen LogP contribution in [0.1, 0.15) is 47.7 Å². The van der Waals surface area contributed by atoms with Crippen LogP contribution in [0, 0.1) is 13.8 Å². The SMILES string of the molecule is Cc1cc(C(=O)N(CCC(=O)N2CCN(c3cccc(C(F)(F)F)c3)CC2)C(C)C)c(C)o1. The molecular formula is C24H30F3N3O3. The quantitative estimate of drug-likeness (QED) is 0.630. The Kier molecular flexibility index (Phi) is 7.39. The van der Waals surface area contributed by atoms with Crippen molar-refractivity contribution in [2.24, 2.45) is 0 Å². The van der Waals surface area contributed by atoms with Gasteiger partial charge in [0.05, 0.1) is 11.1 Å². The molecule has 0 spiro atoms. The highest BCUT2D eigenvalue weighted by Gasteiger charge is 2.31. The first-order valence-corrected chi connectivity index (χ1v) is 11.1. The van der Waals surface area contributed by atoms with Crippen LogP contribution in [-0.2, 0) is 11.0 Å². The molecule has 1 saturated heterocycles. The number of hydrogen-bond donors (Lipinski definition) is 0. The van der Waals surface area contributed by atoms with E-state index < -0.39 is 11.7 Å². The highest BCUT2D eigenvalue weighted by atomic mass is 19.4. The van der Waals surface area contributed by atoms with Gasteiger partial charge in [-0.1, -0.05) is 6.07 Å². The summed E-state index contributed by atoms with van der Waals surface area (Å²) in [6, 6.07) is 6.87. The normalized spacial score (nSPS) is 14.7. The average Bonchev–Trinajstić information content (AvgIpc) is 3.11. The first kappa shape index (κ1) is 24.7. The fourth-order valence-corrected chi connectivity index (χ4v) is 4.06. The van der Waals surface area contributed by atoms with Crippen LogP contribution >= 0.6 is 0 Å². The van der Waals surface area contributed by atoms with Gasteiger partial charge in [-0.2, -0.15) is 13.2 Å². The first-order valence-electron chi connectivity index (χ1n) is 11.1. The number of halogens is 3. The summed E-state index contributed by atoms with van der Waals surface area (Å²) in [6.45, 7) is 9.36. The van der Waals surface area contributed by atoms with Gasteiger partial charge >= 0.3 is 6.18 Å². The van der Waals surface area contributed by atoms with E-state index in [4.69, 9.17) is 4.42 Å². The Morgan fingerprint density at radius 1 is 1.09 bits per heavy atom. The molecule has 33 heavy (non-hydrogen) atoms. The molecule has 0 radical (unpaired) electrons. The minimum absolute atomic E-state index is 0.0720. The molecule has 2 heterocycles. The van der Waals surface area contributed by atoms with Crippen molar-refractivity contribution in [3.8, 4) is 0 Å². The largest absolute Gasteiger partial charge is 0.466 e. The Morgan fingerprint density at radius 3 is 2.30 bits per heavy atom. The van der Waals surface area contributed by atoms with Crippen molar-refractivity contribution >= 4 is 17.5 Å². The fraction of sp³-hybridized carbons (Fsp3) is 0.500. The summed E-state index contributed by atoms with van der Waals surface area (Å²) >= 11 is 0. The minimum atomic E-state index is -4.39. The number of rotatable bonds is 6. The zero-order valence-corrected chi connectivity index (χ0v) is 19.4. The van der Waals surface area contributed by atoms with Gasteiger partial charge in [0.15, 0.2) is 0 Å². The predicted molar refractivity (Wildman–Crippen MR) is 119 cm³/mol.